The zero-order valence-electron chi connectivity index (χ0n) is 19.0. The van der Waals surface area contributed by atoms with Crippen LogP contribution >= 0.6 is 11.8 Å². The molecule has 1 aromatic heterocycles. The van der Waals surface area contributed by atoms with Crippen molar-refractivity contribution >= 4 is 27.7 Å². The van der Waals surface area contributed by atoms with Gasteiger partial charge in [0.05, 0.1) is 21.9 Å². The van der Waals surface area contributed by atoms with Crippen LogP contribution in [0.5, 0.6) is 0 Å². The Morgan fingerprint density at radius 2 is 1.82 bits per heavy atom. The molecule has 1 aliphatic heterocycles. The second kappa shape index (κ2) is 9.87. The minimum absolute atomic E-state index is 0.00856. The first-order valence-corrected chi connectivity index (χ1v) is 13.7. The van der Waals surface area contributed by atoms with Crippen molar-refractivity contribution in [2.75, 3.05) is 31.9 Å². The van der Waals surface area contributed by atoms with Crippen LogP contribution in [0, 0.1) is 25.2 Å². The van der Waals surface area contributed by atoms with Crippen molar-refractivity contribution in [1.82, 2.24) is 18.8 Å². The van der Waals surface area contributed by atoms with Crippen LogP contribution in [0.4, 0.5) is 0 Å². The monoisotopic (exact) mass is 487 g/mol. The zero-order chi connectivity index (χ0) is 23.6. The standard InChI is InChI=1S/C23H29N5O3S2/c1-17-18(2)28(20-8-4-5-9-20)23(25-17)32-16-22(29)26-11-13-27(14-12-26)33(30,31)21-10-6-3-7-19(21)15-24/h3,6-7,10,20H,4-5,8-9,11-14,16H2,1-2H3. The Labute approximate surface area is 199 Å². The number of aromatic nitrogens is 2. The van der Waals surface area contributed by atoms with Crippen LogP contribution in [-0.2, 0) is 14.8 Å². The third kappa shape index (κ3) is 4.81. The van der Waals surface area contributed by atoms with E-state index in [4.69, 9.17) is 4.98 Å². The van der Waals surface area contributed by atoms with Crippen LogP contribution in [0.25, 0.3) is 0 Å². The molecular weight excluding hydrogens is 458 g/mol. The Balaban J connectivity index is 1.37. The first-order chi connectivity index (χ1) is 15.8. The number of imidazole rings is 1. The molecule has 4 rings (SSSR count). The number of carbonyl (C=O) groups excluding carboxylic acids is 1. The van der Waals surface area contributed by atoms with Crippen LogP contribution in [0.3, 0.4) is 0 Å². The largest absolute Gasteiger partial charge is 0.339 e. The minimum Gasteiger partial charge on any atom is -0.339 e. The first kappa shape index (κ1) is 23.8. The summed E-state index contributed by atoms with van der Waals surface area (Å²) in [5.74, 6) is 0.276. The van der Waals surface area contributed by atoms with Gasteiger partial charge in [-0.15, -0.1) is 0 Å². The van der Waals surface area contributed by atoms with E-state index in [1.165, 1.54) is 46.7 Å². The molecular formula is C23H29N5O3S2. The summed E-state index contributed by atoms with van der Waals surface area (Å²) < 4.78 is 29.7. The number of sulfonamides is 1. The smallest absolute Gasteiger partial charge is 0.244 e. The molecule has 2 aliphatic rings. The highest BCUT2D eigenvalue weighted by atomic mass is 32.2. The molecule has 0 spiro atoms. The van der Waals surface area contributed by atoms with Gasteiger partial charge in [0.15, 0.2) is 5.16 Å². The predicted molar refractivity (Wildman–Crippen MR) is 126 cm³/mol. The number of piperazine rings is 1. The van der Waals surface area contributed by atoms with Crippen molar-refractivity contribution in [3.8, 4) is 6.07 Å². The quantitative estimate of drug-likeness (QED) is 0.581. The summed E-state index contributed by atoms with van der Waals surface area (Å²) in [6, 6.07) is 8.64. The summed E-state index contributed by atoms with van der Waals surface area (Å²) in [5, 5.41) is 10.2. The first-order valence-electron chi connectivity index (χ1n) is 11.3. The van der Waals surface area contributed by atoms with Gasteiger partial charge in [-0.3, -0.25) is 4.79 Å². The van der Waals surface area contributed by atoms with Crippen LogP contribution in [-0.4, -0.2) is 65.0 Å². The van der Waals surface area contributed by atoms with Crippen molar-refractivity contribution in [2.45, 2.75) is 55.6 Å². The highest BCUT2D eigenvalue weighted by Crippen LogP contribution is 2.35. The molecule has 1 aliphatic carbocycles. The van der Waals surface area contributed by atoms with E-state index in [1.807, 2.05) is 13.0 Å². The second-order valence-electron chi connectivity index (χ2n) is 8.55. The average Bonchev–Trinajstić information content (AvgIpc) is 3.45. The normalized spacial score (nSPS) is 17.9. The molecule has 0 bridgehead atoms. The van der Waals surface area contributed by atoms with E-state index in [1.54, 1.807) is 17.0 Å². The van der Waals surface area contributed by atoms with E-state index in [0.29, 0.717) is 19.1 Å². The molecule has 0 N–H and O–H groups in total. The third-order valence-corrected chi connectivity index (χ3v) is 9.48. The van der Waals surface area contributed by atoms with Gasteiger partial charge in [0.25, 0.3) is 0 Å². The van der Waals surface area contributed by atoms with Crippen LogP contribution < -0.4 is 0 Å². The van der Waals surface area contributed by atoms with E-state index in [-0.39, 0.29) is 35.2 Å². The number of carbonyl (C=O) groups is 1. The van der Waals surface area contributed by atoms with Gasteiger partial charge in [-0.05, 0) is 38.8 Å². The zero-order valence-corrected chi connectivity index (χ0v) is 20.7. The Kier molecular flexibility index (Phi) is 7.12. The van der Waals surface area contributed by atoms with Gasteiger partial charge in [0.2, 0.25) is 15.9 Å². The molecule has 2 fully saturated rings. The maximum Gasteiger partial charge on any atom is 0.244 e. The third-order valence-electron chi connectivity index (χ3n) is 6.59. The lowest BCUT2D eigenvalue weighted by Crippen LogP contribution is -2.51. The molecule has 2 aromatic rings. The van der Waals surface area contributed by atoms with E-state index < -0.39 is 10.0 Å². The highest BCUT2D eigenvalue weighted by Gasteiger charge is 2.32. The lowest BCUT2D eigenvalue weighted by molar-refractivity contribution is -0.129. The second-order valence-corrected chi connectivity index (χ2v) is 11.4. The van der Waals surface area contributed by atoms with E-state index in [2.05, 4.69) is 11.5 Å². The van der Waals surface area contributed by atoms with E-state index in [9.17, 15) is 18.5 Å². The number of hydrogen-bond acceptors (Lipinski definition) is 6. The van der Waals surface area contributed by atoms with Gasteiger partial charge in [0.1, 0.15) is 6.07 Å². The van der Waals surface area contributed by atoms with Crippen molar-refractivity contribution in [2.24, 2.45) is 0 Å². The maximum absolute atomic E-state index is 13.0. The Morgan fingerprint density at radius 3 is 2.48 bits per heavy atom. The summed E-state index contributed by atoms with van der Waals surface area (Å²) in [6.45, 7) is 5.21. The summed E-state index contributed by atoms with van der Waals surface area (Å²) in [6.07, 6.45) is 4.78. The molecule has 0 unspecified atom stereocenters. The summed E-state index contributed by atoms with van der Waals surface area (Å²) in [4.78, 5) is 19.3. The Hall–Kier alpha value is -2.35. The van der Waals surface area contributed by atoms with Crippen molar-refractivity contribution < 1.29 is 13.2 Å². The number of nitriles is 1. The van der Waals surface area contributed by atoms with Crippen LogP contribution in [0.1, 0.15) is 48.7 Å². The number of hydrogen-bond donors (Lipinski definition) is 0. The molecule has 8 nitrogen and oxygen atoms in total. The molecule has 1 amide bonds. The molecule has 33 heavy (non-hydrogen) atoms. The molecule has 0 atom stereocenters. The minimum atomic E-state index is -3.77. The van der Waals surface area contributed by atoms with Gasteiger partial charge < -0.3 is 9.47 Å². The SMILES string of the molecule is Cc1nc(SCC(=O)N2CCN(S(=O)(=O)c3ccccc3C#N)CC2)n(C2CCCC2)c1C. The number of amides is 1. The lowest BCUT2D eigenvalue weighted by Gasteiger charge is -2.34. The highest BCUT2D eigenvalue weighted by molar-refractivity contribution is 7.99. The Bertz CT molecular complexity index is 1170. The fourth-order valence-electron chi connectivity index (χ4n) is 4.61. The maximum atomic E-state index is 13.0. The van der Waals surface area contributed by atoms with E-state index in [0.717, 1.165) is 23.7 Å². The average molecular weight is 488 g/mol. The van der Waals surface area contributed by atoms with Crippen molar-refractivity contribution in [1.29, 1.82) is 5.26 Å². The van der Waals surface area contributed by atoms with Crippen LogP contribution in [0.2, 0.25) is 0 Å². The van der Waals surface area contributed by atoms with Gasteiger partial charge in [-0.2, -0.15) is 9.57 Å². The number of rotatable bonds is 6. The van der Waals surface area contributed by atoms with Crippen molar-refractivity contribution in [3.05, 3.63) is 41.2 Å². The molecule has 0 radical (unpaired) electrons. The number of benzene rings is 1. The fourth-order valence-corrected chi connectivity index (χ4v) is 7.23. The van der Waals surface area contributed by atoms with Gasteiger partial charge in [-0.25, -0.2) is 13.4 Å². The molecule has 1 saturated carbocycles. The molecule has 10 heteroatoms. The summed E-state index contributed by atoms with van der Waals surface area (Å²) in [5.41, 5.74) is 2.32. The van der Waals surface area contributed by atoms with E-state index >= 15 is 0 Å². The number of thioether (sulfide) groups is 1. The number of aryl methyl sites for hydroxylation is 1. The van der Waals surface area contributed by atoms with Crippen LogP contribution in [0.15, 0.2) is 34.3 Å². The number of nitrogens with zero attached hydrogens (tertiary/aromatic N) is 5. The molecule has 2 heterocycles. The molecule has 1 saturated heterocycles. The fraction of sp³-hybridized carbons (Fsp3) is 0.522. The lowest BCUT2D eigenvalue weighted by atomic mass is 10.2. The molecule has 1 aromatic carbocycles. The molecule has 176 valence electrons. The topological polar surface area (TPSA) is 99.3 Å². The van der Waals surface area contributed by atoms with Crippen molar-refractivity contribution in [3.63, 3.8) is 0 Å². The summed E-state index contributed by atoms with van der Waals surface area (Å²) in [7, 11) is -3.77. The predicted octanol–water partition coefficient (Wildman–Crippen LogP) is 3.11. The van der Waals surface area contributed by atoms with Gasteiger partial charge >= 0.3 is 0 Å². The van der Waals surface area contributed by atoms with Gasteiger partial charge in [-0.1, -0.05) is 36.7 Å². The summed E-state index contributed by atoms with van der Waals surface area (Å²) >= 11 is 1.47. The Morgan fingerprint density at radius 1 is 1.15 bits per heavy atom. The van der Waals surface area contributed by atoms with Gasteiger partial charge in [0, 0.05) is 37.9 Å².